The smallest absolute Gasteiger partial charge is 0.227 e. The molecule has 1 atom stereocenters. The molecule has 1 amide bonds. The summed E-state index contributed by atoms with van der Waals surface area (Å²) in [6.45, 7) is 4.24. The van der Waals surface area contributed by atoms with Crippen LogP contribution in [0.5, 0.6) is 5.75 Å². The summed E-state index contributed by atoms with van der Waals surface area (Å²) < 4.78 is 8.19. The van der Waals surface area contributed by atoms with E-state index in [-0.39, 0.29) is 24.2 Å². The Morgan fingerprint density at radius 3 is 2.53 bits per heavy atom. The molecule has 0 spiro atoms. The highest BCUT2D eigenvalue weighted by atomic mass is 35.5. The Bertz CT molecular complexity index is 1250. The van der Waals surface area contributed by atoms with Gasteiger partial charge in [0.15, 0.2) is 0 Å². The number of hydrogen-bond donors (Lipinski definition) is 0. The molecule has 2 heterocycles. The summed E-state index contributed by atoms with van der Waals surface area (Å²) in [7, 11) is 0. The van der Waals surface area contributed by atoms with Crippen molar-refractivity contribution in [1.29, 1.82) is 0 Å². The fraction of sp³-hybridized carbons (Fsp3) is 0.286. The number of amides is 1. The second-order valence-corrected chi connectivity index (χ2v) is 8.51. The Morgan fingerprint density at radius 1 is 0.971 bits per heavy atom. The van der Waals surface area contributed by atoms with Gasteiger partial charge in [0.2, 0.25) is 5.91 Å². The van der Waals surface area contributed by atoms with Crippen molar-refractivity contribution in [2.45, 2.75) is 38.6 Å². The van der Waals surface area contributed by atoms with Gasteiger partial charge in [-0.2, -0.15) is 0 Å². The fourth-order valence-electron chi connectivity index (χ4n) is 4.76. The van der Waals surface area contributed by atoms with E-state index in [0.29, 0.717) is 19.6 Å². The summed E-state index contributed by atoms with van der Waals surface area (Å²) in [5.74, 6) is 2.14. The molecule has 6 heteroatoms. The maximum absolute atomic E-state index is 13.0. The molecule has 0 bridgehead atoms. The third-order valence-corrected chi connectivity index (χ3v) is 6.38. The first-order chi connectivity index (χ1) is 16.2. The number of aromatic nitrogens is 2. The lowest BCUT2D eigenvalue weighted by molar-refractivity contribution is -0.117. The fourth-order valence-corrected chi connectivity index (χ4v) is 4.76. The van der Waals surface area contributed by atoms with Crippen molar-refractivity contribution in [3.63, 3.8) is 0 Å². The third kappa shape index (κ3) is 4.80. The van der Waals surface area contributed by atoms with Gasteiger partial charge in [0.1, 0.15) is 11.6 Å². The number of rotatable bonds is 8. The highest BCUT2D eigenvalue weighted by Gasteiger charge is 2.35. The molecule has 1 aliphatic rings. The van der Waals surface area contributed by atoms with Crippen molar-refractivity contribution >= 4 is 22.6 Å². The first kappa shape index (κ1) is 23.8. The van der Waals surface area contributed by atoms with Gasteiger partial charge in [-0.15, -0.1) is 0 Å². The quantitative estimate of drug-likeness (QED) is 0.369. The molecule has 1 aromatic heterocycles. The molecule has 1 unspecified atom stereocenters. The third-order valence-electron chi connectivity index (χ3n) is 6.38. The molecule has 1 fully saturated rings. The molecular formula is C28H29ClN3O2-. The predicted molar refractivity (Wildman–Crippen MR) is 132 cm³/mol. The van der Waals surface area contributed by atoms with Crippen LogP contribution in [-0.4, -0.2) is 28.6 Å². The number of nitrogens with zero attached hydrogens (tertiary/aromatic N) is 3. The number of imidazole rings is 1. The van der Waals surface area contributed by atoms with Gasteiger partial charge in [0.25, 0.3) is 0 Å². The van der Waals surface area contributed by atoms with Crippen molar-refractivity contribution in [1.82, 2.24) is 9.55 Å². The monoisotopic (exact) mass is 474 g/mol. The van der Waals surface area contributed by atoms with Crippen LogP contribution in [0.1, 0.15) is 37.1 Å². The van der Waals surface area contributed by atoms with Crippen molar-refractivity contribution in [2.24, 2.45) is 0 Å². The number of hydrogen-bond acceptors (Lipinski definition) is 3. The average molecular weight is 475 g/mol. The number of para-hydroxylation sites is 4. The van der Waals surface area contributed by atoms with Crippen LogP contribution in [0.25, 0.3) is 11.0 Å². The van der Waals surface area contributed by atoms with Gasteiger partial charge < -0.3 is 26.6 Å². The van der Waals surface area contributed by atoms with Crippen LogP contribution in [0.15, 0.2) is 78.9 Å². The second-order valence-electron chi connectivity index (χ2n) is 8.51. The van der Waals surface area contributed by atoms with Gasteiger partial charge in [0.05, 0.1) is 17.6 Å². The molecule has 0 saturated carbocycles. The van der Waals surface area contributed by atoms with E-state index >= 15 is 0 Å². The van der Waals surface area contributed by atoms with Crippen LogP contribution >= 0.6 is 0 Å². The van der Waals surface area contributed by atoms with Gasteiger partial charge >= 0.3 is 0 Å². The van der Waals surface area contributed by atoms with Gasteiger partial charge in [-0.25, -0.2) is 4.98 Å². The number of carbonyl (C=O) groups excluding carboxylic acids is 1. The van der Waals surface area contributed by atoms with Crippen molar-refractivity contribution < 1.29 is 21.9 Å². The largest absolute Gasteiger partial charge is 1.00 e. The minimum Gasteiger partial charge on any atom is -1.00 e. The first-order valence-electron chi connectivity index (χ1n) is 11.8. The van der Waals surface area contributed by atoms with Crippen molar-refractivity contribution in [3.8, 4) is 5.75 Å². The molecular weight excluding hydrogens is 446 g/mol. The summed E-state index contributed by atoms with van der Waals surface area (Å²) >= 11 is 0. The molecule has 34 heavy (non-hydrogen) atoms. The Hall–Kier alpha value is -3.31. The highest BCUT2D eigenvalue weighted by molar-refractivity contribution is 5.97. The van der Waals surface area contributed by atoms with Crippen molar-refractivity contribution in [3.05, 3.63) is 90.3 Å². The maximum atomic E-state index is 13.0. The highest BCUT2D eigenvalue weighted by Crippen LogP contribution is 2.34. The van der Waals surface area contributed by atoms with Gasteiger partial charge in [-0.1, -0.05) is 55.5 Å². The molecule has 0 N–H and O–H groups in total. The lowest BCUT2D eigenvalue weighted by atomic mass is 10.1. The van der Waals surface area contributed by atoms with Crippen LogP contribution in [0.3, 0.4) is 0 Å². The van der Waals surface area contributed by atoms with E-state index in [0.717, 1.165) is 47.7 Å². The summed E-state index contributed by atoms with van der Waals surface area (Å²) in [5, 5.41) is 0. The van der Waals surface area contributed by atoms with Crippen LogP contribution < -0.4 is 22.0 Å². The van der Waals surface area contributed by atoms with E-state index in [9.17, 15) is 4.79 Å². The van der Waals surface area contributed by atoms with Gasteiger partial charge in [-0.3, -0.25) is 4.79 Å². The number of ether oxygens (including phenoxy) is 1. The molecule has 176 valence electrons. The summed E-state index contributed by atoms with van der Waals surface area (Å²) in [6.07, 6.45) is 2.26. The number of benzene rings is 3. The van der Waals surface area contributed by atoms with E-state index in [2.05, 4.69) is 35.8 Å². The number of aryl methyl sites for hydroxylation is 2. The predicted octanol–water partition coefficient (Wildman–Crippen LogP) is 2.59. The van der Waals surface area contributed by atoms with Crippen LogP contribution in [0.4, 0.5) is 5.69 Å². The number of fused-ring (bicyclic) bond motifs is 1. The molecule has 1 aliphatic heterocycles. The summed E-state index contributed by atoms with van der Waals surface area (Å²) in [5.41, 5.74) is 4.34. The molecule has 3 aromatic carbocycles. The zero-order chi connectivity index (χ0) is 22.6. The van der Waals surface area contributed by atoms with Crippen molar-refractivity contribution in [2.75, 3.05) is 18.1 Å². The second kappa shape index (κ2) is 10.7. The van der Waals surface area contributed by atoms with Gasteiger partial charge in [0, 0.05) is 31.1 Å². The Labute approximate surface area is 206 Å². The molecule has 0 radical (unpaired) electrons. The first-order valence-corrected chi connectivity index (χ1v) is 11.8. The molecule has 5 rings (SSSR count). The number of carbonyl (C=O) groups is 1. The molecule has 5 nitrogen and oxygen atoms in total. The number of halogens is 1. The zero-order valence-corrected chi connectivity index (χ0v) is 20.1. The topological polar surface area (TPSA) is 47.4 Å². The standard InChI is InChI=1S/C28H29N3O2.ClH/c1-2-21-11-6-8-15-25(21)31-20-22(19-27(31)32)28-29-24-14-7-9-16-26(24)30(28)17-10-18-33-23-12-4-3-5-13-23;/h3-9,11-16,22H,2,10,17-20H2,1H3;1H/p-1. The summed E-state index contributed by atoms with van der Waals surface area (Å²) in [6, 6.07) is 26.4. The Balaban J connectivity index is 0.00000274. The normalized spacial score (nSPS) is 15.5. The van der Waals surface area contributed by atoms with Crippen LogP contribution in [-0.2, 0) is 17.8 Å². The minimum atomic E-state index is 0. The SMILES string of the molecule is CCc1ccccc1N1CC(c2nc3ccccc3n2CCCOc2ccccc2)CC1=O.[Cl-]. The lowest BCUT2D eigenvalue weighted by Crippen LogP contribution is -3.00. The van der Waals surface area contributed by atoms with Crippen LogP contribution in [0.2, 0.25) is 0 Å². The average Bonchev–Trinajstić information content (AvgIpc) is 3.43. The van der Waals surface area contributed by atoms with Gasteiger partial charge in [-0.05, 0) is 48.7 Å². The zero-order valence-electron chi connectivity index (χ0n) is 19.4. The molecule has 4 aromatic rings. The van der Waals surface area contributed by atoms with E-state index < -0.39 is 0 Å². The van der Waals surface area contributed by atoms with E-state index in [1.807, 2.05) is 59.5 Å². The van der Waals surface area contributed by atoms with E-state index in [1.165, 1.54) is 5.56 Å². The molecule has 1 saturated heterocycles. The maximum Gasteiger partial charge on any atom is 0.227 e. The molecule has 0 aliphatic carbocycles. The minimum absolute atomic E-state index is 0. The number of anilines is 1. The Morgan fingerprint density at radius 2 is 1.71 bits per heavy atom. The lowest BCUT2D eigenvalue weighted by Gasteiger charge is -2.20. The summed E-state index contributed by atoms with van der Waals surface area (Å²) in [4.78, 5) is 20.0. The van der Waals surface area contributed by atoms with E-state index in [1.54, 1.807) is 0 Å². The Kier molecular flexibility index (Phi) is 7.53. The van der Waals surface area contributed by atoms with Crippen LogP contribution in [0, 0.1) is 0 Å². The van der Waals surface area contributed by atoms with E-state index in [4.69, 9.17) is 9.72 Å².